The number of nitrogens with zero attached hydrogens (tertiary/aromatic N) is 3. The van der Waals surface area contributed by atoms with Crippen LogP contribution in [-0.2, 0) is 26.2 Å². The van der Waals surface area contributed by atoms with Crippen molar-refractivity contribution in [2.45, 2.75) is 20.8 Å². The number of rotatable bonds is 7. The van der Waals surface area contributed by atoms with E-state index in [9.17, 15) is 9.59 Å². The zero-order chi connectivity index (χ0) is 21.0. The van der Waals surface area contributed by atoms with Gasteiger partial charge in [-0.3, -0.25) is 9.48 Å². The van der Waals surface area contributed by atoms with E-state index in [1.165, 1.54) is 0 Å². The van der Waals surface area contributed by atoms with Crippen LogP contribution in [0.2, 0.25) is 0 Å². The highest BCUT2D eigenvalue weighted by Gasteiger charge is 2.15. The molecule has 10 nitrogen and oxygen atoms in total. The lowest BCUT2D eigenvalue weighted by molar-refractivity contribution is -0.151. The number of nitrogens with one attached hydrogen (secondary N) is 1. The predicted molar refractivity (Wildman–Crippen MR) is 103 cm³/mol. The summed E-state index contributed by atoms with van der Waals surface area (Å²) in [5.74, 6) is 0.127. The van der Waals surface area contributed by atoms with Crippen molar-refractivity contribution >= 4 is 23.3 Å². The van der Waals surface area contributed by atoms with Gasteiger partial charge in [0.1, 0.15) is 0 Å². The molecule has 0 fully saturated rings. The highest BCUT2D eigenvalue weighted by atomic mass is 16.7. The maximum absolute atomic E-state index is 12.0. The normalized spacial score (nSPS) is 12.6. The van der Waals surface area contributed by atoms with E-state index in [1.54, 1.807) is 43.8 Å². The third-order valence-corrected chi connectivity index (χ3v) is 4.31. The fourth-order valence-corrected chi connectivity index (χ4v) is 2.67. The number of aryl methyl sites for hydroxylation is 2. The van der Waals surface area contributed by atoms with Crippen molar-refractivity contribution in [3.63, 3.8) is 0 Å². The summed E-state index contributed by atoms with van der Waals surface area (Å²) in [6.45, 7) is 4.68. The van der Waals surface area contributed by atoms with Crippen molar-refractivity contribution < 1.29 is 28.6 Å². The molecule has 1 N–H and O–H groups in total. The summed E-state index contributed by atoms with van der Waals surface area (Å²) in [6.07, 6.45) is 0. The van der Waals surface area contributed by atoms with Gasteiger partial charge < -0.3 is 24.4 Å². The minimum absolute atomic E-state index is 0.185. The molecule has 10 heteroatoms. The number of hydrogen-bond donors (Lipinski definition) is 1. The fourth-order valence-electron chi connectivity index (χ4n) is 2.67. The van der Waals surface area contributed by atoms with Crippen LogP contribution in [0.1, 0.15) is 23.9 Å². The van der Waals surface area contributed by atoms with Crippen LogP contribution in [0.3, 0.4) is 0 Å². The van der Waals surface area contributed by atoms with E-state index in [0.717, 1.165) is 11.3 Å². The van der Waals surface area contributed by atoms with Gasteiger partial charge in [-0.1, -0.05) is 5.16 Å². The van der Waals surface area contributed by atoms with Crippen LogP contribution in [0.5, 0.6) is 11.5 Å². The quantitative estimate of drug-likeness (QED) is 0.426. The van der Waals surface area contributed by atoms with Gasteiger partial charge in [-0.2, -0.15) is 5.10 Å². The number of benzene rings is 1. The van der Waals surface area contributed by atoms with Crippen molar-refractivity contribution in [1.82, 2.24) is 9.78 Å². The fraction of sp³-hybridized carbons (Fsp3) is 0.368. The highest BCUT2D eigenvalue weighted by molar-refractivity contribution is 5.99. The Morgan fingerprint density at radius 2 is 2.00 bits per heavy atom. The first-order chi connectivity index (χ1) is 13.8. The van der Waals surface area contributed by atoms with Crippen LogP contribution >= 0.6 is 0 Å². The Morgan fingerprint density at radius 3 is 2.72 bits per heavy atom. The number of esters is 1. The number of carbonyl (C=O) groups excluding carboxylic acids is 2. The van der Waals surface area contributed by atoms with E-state index in [-0.39, 0.29) is 6.79 Å². The average Bonchev–Trinajstić information content (AvgIpc) is 3.25. The first-order valence-corrected chi connectivity index (χ1v) is 8.87. The van der Waals surface area contributed by atoms with Gasteiger partial charge in [0.2, 0.25) is 13.4 Å². The number of aromatic nitrogens is 2. The summed E-state index contributed by atoms with van der Waals surface area (Å²) in [6, 6.07) is 5.35. The molecule has 0 saturated heterocycles. The number of hydrogen-bond acceptors (Lipinski definition) is 8. The second-order valence-corrected chi connectivity index (χ2v) is 6.40. The lowest BCUT2D eigenvalue weighted by atomic mass is 10.1. The number of ether oxygens (including phenoxy) is 3. The summed E-state index contributed by atoms with van der Waals surface area (Å²) >= 11 is 0. The molecule has 0 saturated carbocycles. The Balaban J connectivity index is 1.43. The SMILES string of the molecule is C/C(=N/OCC(=O)OCC(=O)Nc1c(C)nn(C)c1C)c1ccc2c(c1)OCO2. The third-order valence-electron chi connectivity index (χ3n) is 4.31. The molecule has 0 aliphatic carbocycles. The van der Waals surface area contributed by atoms with Crippen LogP contribution < -0.4 is 14.8 Å². The van der Waals surface area contributed by atoms with E-state index in [1.807, 2.05) is 6.92 Å². The van der Waals surface area contributed by atoms with Gasteiger partial charge >= 0.3 is 5.97 Å². The van der Waals surface area contributed by atoms with Crippen LogP contribution in [0.4, 0.5) is 5.69 Å². The van der Waals surface area contributed by atoms with Gasteiger partial charge in [0.15, 0.2) is 18.1 Å². The van der Waals surface area contributed by atoms with E-state index in [0.29, 0.717) is 28.6 Å². The zero-order valence-corrected chi connectivity index (χ0v) is 16.6. The predicted octanol–water partition coefficient (Wildman–Crippen LogP) is 1.69. The summed E-state index contributed by atoms with van der Waals surface area (Å²) in [5, 5.41) is 10.8. The number of fused-ring (bicyclic) bond motifs is 1. The van der Waals surface area contributed by atoms with E-state index in [4.69, 9.17) is 19.0 Å². The minimum atomic E-state index is -0.706. The summed E-state index contributed by atoms with van der Waals surface area (Å²) < 4.78 is 17.1. The maximum Gasteiger partial charge on any atom is 0.347 e. The molecule has 1 aromatic heterocycles. The minimum Gasteiger partial charge on any atom is -0.454 e. The van der Waals surface area contributed by atoms with Crippen molar-refractivity contribution in [2.24, 2.45) is 12.2 Å². The Bertz CT molecular complexity index is 966. The number of oxime groups is 1. The molecule has 1 aromatic carbocycles. The Hall–Kier alpha value is -3.56. The first kappa shape index (κ1) is 20.2. The molecule has 0 atom stereocenters. The molecule has 1 aliphatic heterocycles. The summed E-state index contributed by atoms with van der Waals surface area (Å²) in [5.41, 5.74) is 3.41. The van der Waals surface area contributed by atoms with Crippen molar-refractivity contribution in [3.8, 4) is 11.5 Å². The molecule has 0 radical (unpaired) electrons. The molecule has 2 aromatic rings. The molecule has 0 bridgehead atoms. The summed E-state index contributed by atoms with van der Waals surface area (Å²) in [4.78, 5) is 28.8. The Labute approximate surface area is 167 Å². The van der Waals surface area contributed by atoms with Crippen LogP contribution in [0, 0.1) is 13.8 Å². The van der Waals surface area contributed by atoms with Gasteiger partial charge in [-0.05, 0) is 39.0 Å². The van der Waals surface area contributed by atoms with Crippen molar-refractivity contribution in [3.05, 3.63) is 35.2 Å². The number of carbonyl (C=O) groups is 2. The highest BCUT2D eigenvalue weighted by Crippen LogP contribution is 2.32. The molecule has 0 spiro atoms. The van der Waals surface area contributed by atoms with Crippen molar-refractivity contribution in [2.75, 3.05) is 25.3 Å². The van der Waals surface area contributed by atoms with E-state index >= 15 is 0 Å². The number of anilines is 1. The van der Waals surface area contributed by atoms with Gasteiger partial charge in [-0.15, -0.1) is 0 Å². The molecular weight excluding hydrogens is 380 g/mol. The average molecular weight is 402 g/mol. The first-order valence-electron chi connectivity index (χ1n) is 8.87. The lowest BCUT2D eigenvalue weighted by Crippen LogP contribution is -2.23. The second-order valence-electron chi connectivity index (χ2n) is 6.40. The monoisotopic (exact) mass is 402 g/mol. The molecule has 1 amide bonds. The smallest absolute Gasteiger partial charge is 0.347 e. The zero-order valence-electron chi connectivity index (χ0n) is 16.6. The molecule has 0 unspecified atom stereocenters. The van der Waals surface area contributed by atoms with Gasteiger partial charge in [0, 0.05) is 12.6 Å². The molecule has 2 heterocycles. The van der Waals surface area contributed by atoms with Gasteiger partial charge in [0.05, 0.1) is 22.8 Å². The standard InChI is InChI=1S/C19H22N4O6/c1-11(14-5-6-15-16(7-14)28-10-27-15)22-29-9-18(25)26-8-17(24)20-19-12(2)21-23(4)13(19)3/h5-7H,8-10H2,1-4H3,(H,20,24)/b22-11-. The van der Waals surface area contributed by atoms with Crippen LogP contribution in [-0.4, -0.2) is 47.4 Å². The summed E-state index contributed by atoms with van der Waals surface area (Å²) in [7, 11) is 1.78. The van der Waals surface area contributed by atoms with Crippen molar-refractivity contribution in [1.29, 1.82) is 0 Å². The van der Waals surface area contributed by atoms with E-state index in [2.05, 4.69) is 15.6 Å². The second kappa shape index (κ2) is 8.63. The Morgan fingerprint density at radius 1 is 1.24 bits per heavy atom. The lowest BCUT2D eigenvalue weighted by Gasteiger charge is -2.07. The third kappa shape index (κ3) is 4.84. The van der Waals surface area contributed by atoms with Crippen LogP contribution in [0.15, 0.2) is 23.4 Å². The largest absolute Gasteiger partial charge is 0.454 e. The maximum atomic E-state index is 12.0. The molecule has 1 aliphatic rings. The molecule has 154 valence electrons. The van der Waals surface area contributed by atoms with Gasteiger partial charge in [-0.25, -0.2) is 4.79 Å². The number of amides is 1. The topological polar surface area (TPSA) is 113 Å². The van der Waals surface area contributed by atoms with Crippen LogP contribution in [0.25, 0.3) is 0 Å². The molecular formula is C19H22N4O6. The molecule has 3 rings (SSSR count). The molecule has 29 heavy (non-hydrogen) atoms. The van der Waals surface area contributed by atoms with E-state index < -0.39 is 25.1 Å². The Kier molecular flexibility index (Phi) is 6.01. The van der Waals surface area contributed by atoms with Gasteiger partial charge in [0.25, 0.3) is 5.91 Å².